The summed E-state index contributed by atoms with van der Waals surface area (Å²) in [5.74, 6) is -0.412. The first kappa shape index (κ1) is 9.84. The van der Waals surface area contributed by atoms with Crippen LogP contribution in [0.15, 0.2) is 42.5 Å². The molecule has 84 valence electrons. The Labute approximate surface area is 97.2 Å². The van der Waals surface area contributed by atoms with E-state index in [0.717, 1.165) is 10.8 Å². The standard InChI is InChI=1S/C13H9NO3/c15-12-11(17-13(16)14-12)10-6-5-8-3-1-2-4-9(8)7-10/h1-7,11H,(H,14,15,16). The van der Waals surface area contributed by atoms with Crippen LogP contribution in [0.5, 0.6) is 0 Å². The van der Waals surface area contributed by atoms with Gasteiger partial charge in [-0.3, -0.25) is 10.1 Å². The van der Waals surface area contributed by atoms with Gasteiger partial charge in [0.05, 0.1) is 0 Å². The number of benzene rings is 2. The number of fused-ring (bicyclic) bond motifs is 1. The molecule has 2 aromatic rings. The van der Waals surface area contributed by atoms with Crippen LogP contribution in [0.25, 0.3) is 10.8 Å². The summed E-state index contributed by atoms with van der Waals surface area (Å²) in [6, 6.07) is 13.4. The Morgan fingerprint density at radius 2 is 1.76 bits per heavy atom. The number of carbonyl (C=O) groups excluding carboxylic acids is 2. The average molecular weight is 227 g/mol. The predicted molar refractivity (Wildman–Crippen MR) is 61.3 cm³/mol. The fourth-order valence-corrected chi connectivity index (χ4v) is 1.95. The molecule has 0 aliphatic carbocycles. The molecule has 17 heavy (non-hydrogen) atoms. The maximum Gasteiger partial charge on any atom is 0.415 e. The van der Waals surface area contributed by atoms with Gasteiger partial charge in [-0.2, -0.15) is 0 Å². The van der Waals surface area contributed by atoms with Gasteiger partial charge in [-0.1, -0.05) is 36.4 Å². The Bertz CT molecular complexity index is 621. The molecule has 2 aromatic carbocycles. The monoisotopic (exact) mass is 227 g/mol. The summed E-state index contributed by atoms with van der Waals surface area (Å²) in [4.78, 5) is 22.4. The lowest BCUT2D eigenvalue weighted by atomic mass is 10.0. The number of nitrogens with one attached hydrogen (secondary N) is 1. The van der Waals surface area contributed by atoms with Gasteiger partial charge in [-0.25, -0.2) is 4.79 Å². The maximum absolute atomic E-state index is 11.5. The molecule has 2 amide bonds. The van der Waals surface area contributed by atoms with Crippen molar-refractivity contribution < 1.29 is 14.3 Å². The zero-order valence-corrected chi connectivity index (χ0v) is 8.84. The van der Waals surface area contributed by atoms with Crippen LogP contribution in [-0.2, 0) is 9.53 Å². The molecule has 1 N–H and O–H groups in total. The van der Waals surface area contributed by atoms with Crippen LogP contribution in [0, 0.1) is 0 Å². The summed E-state index contributed by atoms with van der Waals surface area (Å²) in [6.45, 7) is 0. The second-order valence-corrected chi connectivity index (χ2v) is 3.88. The largest absolute Gasteiger partial charge is 0.431 e. The number of ether oxygens (including phenoxy) is 1. The first-order valence-electron chi connectivity index (χ1n) is 5.24. The molecular formula is C13H9NO3. The number of cyclic esters (lactones) is 1. The number of imide groups is 1. The van der Waals surface area contributed by atoms with Crippen molar-refractivity contribution in [1.29, 1.82) is 0 Å². The van der Waals surface area contributed by atoms with Crippen molar-refractivity contribution in [2.24, 2.45) is 0 Å². The molecule has 0 radical (unpaired) electrons. The molecule has 0 saturated carbocycles. The molecule has 4 nitrogen and oxygen atoms in total. The lowest BCUT2D eigenvalue weighted by Crippen LogP contribution is -2.20. The van der Waals surface area contributed by atoms with E-state index in [1.54, 1.807) is 6.07 Å². The number of hydrogen-bond acceptors (Lipinski definition) is 3. The van der Waals surface area contributed by atoms with E-state index in [1.807, 2.05) is 36.4 Å². The molecule has 0 spiro atoms. The van der Waals surface area contributed by atoms with Crippen molar-refractivity contribution in [3.63, 3.8) is 0 Å². The minimum absolute atomic E-state index is 0.412. The number of alkyl carbamates (subject to hydrolysis) is 1. The molecule has 0 aromatic heterocycles. The van der Waals surface area contributed by atoms with Gasteiger partial charge < -0.3 is 4.74 Å². The zero-order valence-electron chi connectivity index (χ0n) is 8.84. The van der Waals surface area contributed by atoms with Gasteiger partial charge >= 0.3 is 6.09 Å². The zero-order chi connectivity index (χ0) is 11.8. The van der Waals surface area contributed by atoms with E-state index in [2.05, 4.69) is 5.32 Å². The second kappa shape index (κ2) is 3.59. The van der Waals surface area contributed by atoms with Crippen LogP contribution in [-0.4, -0.2) is 12.0 Å². The van der Waals surface area contributed by atoms with Crippen LogP contribution in [0.2, 0.25) is 0 Å². The maximum atomic E-state index is 11.5. The van der Waals surface area contributed by atoms with Crippen LogP contribution in [0.3, 0.4) is 0 Å². The van der Waals surface area contributed by atoms with E-state index >= 15 is 0 Å². The van der Waals surface area contributed by atoms with Crippen molar-refractivity contribution in [2.75, 3.05) is 0 Å². The van der Waals surface area contributed by atoms with E-state index in [4.69, 9.17) is 4.74 Å². The van der Waals surface area contributed by atoms with Crippen molar-refractivity contribution in [3.05, 3.63) is 48.0 Å². The van der Waals surface area contributed by atoms with Gasteiger partial charge in [0.25, 0.3) is 5.91 Å². The SMILES string of the molecule is O=C1NC(=O)C(c2ccc3ccccc3c2)O1. The summed E-state index contributed by atoms with van der Waals surface area (Å²) >= 11 is 0. The van der Waals surface area contributed by atoms with Gasteiger partial charge in [-0.15, -0.1) is 0 Å². The topological polar surface area (TPSA) is 55.4 Å². The number of carbonyl (C=O) groups is 2. The second-order valence-electron chi connectivity index (χ2n) is 3.88. The van der Waals surface area contributed by atoms with Gasteiger partial charge in [0.1, 0.15) is 0 Å². The molecule has 1 fully saturated rings. The molecule has 1 saturated heterocycles. The molecule has 1 unspecified atom stereocenters. The Morgan fingerprint density at radius 3 is 2.47 bits per heavy atom. The van der Waals surface area contributed by atoms with Gasteiger partial charge in [0, 0.05) is 5.56 Å². The van der Waals surface area contributed by atoms with Gasteiger partial charge in [0.15, 0.2) is 0 Å². The normalized spacial score (nSPS) is 19.2. The van der Waals surface area contributed by atoms with E-state index in [0.29, 0.717) is 5.56 Å². The van der Waals surface area contributed by atoms with Gasteiger partial charge in [-0.05, 0) is 16.8 Å². The Kier molecular flexibility index (Phi) is 2.08. The van der Waals surface area contributed by atoms with Gasteiger partial charge in [0.2, 0.25) is 6.10 Å². The highest BCUT2D eigenvalue weighted by molar-refractivity contribution is 6.01. The highest BCUT2D eigenvalue weighted by atomic mass is 16.6. The molecular weight excluding hydrogens is 218 g/mol. The van der Waals surface area contributed by atoms with E-state index in [9.17, 15) is 9.59 Å². The molecule has 1 heterocycles. The smallest absolute Gasteiger partial charge is 0.415 e. The number of hydrogen-bond donors (Lipinski definition) is 1. The van der Waals surface area contributed by atoms with Crippen molar-refractivity contribution in [1.82, 2.24) is 5.32 Å². The van der Waals surface area contributed by atoms with Crippen LogP contribution >= 0.6 is 0 Å². The highest BCUT2D eigenvalue weighted by Gasteiger charge is 2.33. The molecule has 1 aliphatic rings. The Morgan fingerprint density at radius 1 is 1.00 bits per heavy atom. The third-order valence-corrected chi connectivity index (χ3v) is 2.76. The summed E-state index contributed by atoms with van der Waals surface area (Å²) in [6.07, 6.45) is -1.51. The van der Waals surface area contributed by atoms with Crippen molar-refractivity contribution in [2.45, 2.75) is 6.10 Å². The quantitative estimate of drug-likeness (QED) is 0.812. The minimum Gasteiger partial charge on any atom is -0.431 e. The highest BCUT2D eigenvalue weighted by Crippen LogP contribution is 2.25. The van der Waals surface area contributed by atoms with E-state index < -0.39 is 18.1 Å². The van der Waals surface area contributed by atoms with Crippen molar-refractivity contribution >= 4 is 22.8 Å². The summed E-state index contributed by atoms with van der Waals surface area (Å²) in [5, 5.41) is 4.21. The lowest BCUT2D eigenvalue weighted by molar-refractivity contribution is -0.123. The minimum atomic E-state index is -0.827. The predicted octanol–water partition coefficient (Wildman–Crippen LogP) is 2.15. The fraction of sp³-hybridized carbons (Fsp3) is 0.0769. The van der Waals surface area contributed by atoms with Crippen molar-refractivity contribution in [3.8, 4) is 0 Å². The first-order chi connectivity index (χ1) is 8.24. The molecule has 1 atom stereocenters. The Balaban J connectivity index is 2.06. The van der Waals surface area contributed by atoms with E-state index in [1.165, 1.54) is 0 Å². The third-order valence-electron chi connectivity index (χ3n) is 2.76. The Hall–Kier alpha value is -2.36. The molecule has 4 heteroatoms. The fourth-order valence-electron chi connectivity index (χ4n) is 1.95. The lowest BCUT2D eigenvalue weighted by Gasteiger charge is -2.07. The number of rotatable bonds is 1. The summed E-state index contributed by atoms with van der Waals surface area (Å²) in [7, 11) is 0. The summed E-state index contributed by atoms with van der Waals surface area (Å²) in [5.41, 5.74) is 0.687. The molecule has 1 aliphatic heterocycles. The van der Waals surface area contributed by atoms with Crippen LogP contribution < -0.4 is 5.32 Å². The summed E-state index contributed by atoms with van der Waals surface area (Å²) < 4.78 is 4.91. The van der Waals surface area contributed by atoms with Crippen LogP contribution in [0.4, 0.5) is 4.79 Å². The first-order valence-corrected chi connectivity index (χ1v) is 5.24. The molecule has 0 bridgehead atoms. The molecule has 3 rings (SSSR count). The van der Waals surface area contributed by atoms with Crippen LogP contribution in [0.1, 0.15) is 11.7 Å². The number of amides is 2. The third kappa shape index (κ3) is 1.63. The average Bonchev–Trinajstić information content (AvgIpc) is 2.68. The van der Waals surface area contributed by atoms with E-state index in [-0.39, 0.29) is 0 Å².